The molecule has 0 aliphatic rings. The zero-order chi connectivity index (χ0) is 48.9. The summed E-state index contributed by atoms with van der Waals surface area (Å²) in [5.41, 5.74) is 2.24. The van der Waals surface area contributed by atoms with Gasteiger partial charge in [-0.05, 0) is 120 Å². The Hall–Kier alpha value is -6.22. The Morgan fingerprint density at radius 1 is 0.429 bits per heavy atom. The van der Waals surface area contributed by atoms with E-state index in [0.717, 1.165) is 49.5 Å². The fraction of sp³-hybridized carbons (Fsp3) is 0.238. The van der Waals surface area contributed by atoms with Gasteiger partial charge in [0.25, 0.3) is 9.05 Å². The number of Topliss-reactive ketones (excluding diaryl/α,β-unsaturated/α-hetero) is 5. The number of carbonyl (C=O) groups excluding carboxylic acids is 7. The number of hydrogen-bond donors (Lipinski definition) is 1. The first-order valence-electron chi connectivity index (χ1n) is 17.6. The van der Waals surface area contributed by atoms with Crippen LogP contribution in [0.3, 0.4) is 0 Å². The number of esters is 2. The second-order valence-corrected chi connectivity index (χ2v) is 20.0. The zero-order valence-electron chi connectivity index (χ0n) is 35.5. The number of carboxylic acid groups (broad SMARTS) is 1. The Kier molecular flexibility index (Phi) is 19.8. The maximum absolute atomic E-state index is 11.4. The molecule has 0 atom stereocenters. The third-order valence-electron chi connectivity index (χ3n) is 8.06. The van der Waals surface area contributed by atoms with Gasteiger partial charge in [-0.15, -0.1) is 0 Å². The third-order valence-corrected chi connectivity index (χ3v) is 11.6. The predicted octanol–water partition coefficient (Wildman–Crippen LogP) is 6.07. The van der Waals surface area contributed by atoms with Gasteiger partial charge in [0.1, 0.15) is 0 Å². The van der Waals surface area contributed by atoms with Crippen LogP contribution in [0.15, 0.2) is 87.5 Å². The second kappa shape index (κ2) is 22.7. The molecule has 0 aliphatic carbocycles. The van der Waals surface area contributed by atoms with Crippen molar-refractivity contribution in [3.05, 3.63) is 123 Å². The highest BCUT2D eigenvalue weighted by Gasteiger charge is 2.19. The Bertz CT molecular complexity index is 2670. The number of hydrogen-bond acceptors (Lipinski definition) is 16. The number of aromatic carboxylic acids is 1. The van der Waals surface area contributed by atoms with Crippen LogP contribution in [-0.2, 0) is 38.2 Å². The summed E-state index contributed by atoms with van der Waals surface area (Å²) in [6, 6.07) is 15.7. The number of methoxy groups -OCH3 is 2. The summed E-state index contributed by atoms with van der Waals surface area (Å²) in [7, 11) is -3.53. The molecule has 0 spiro atoms. The van der Waals surface area contributed by atoms with Gasteiger partial charge in [-0.2, -0.15) is 0 Å². The molecule has 0 fully saturated rings. The summed E-state index contributed by atoms with van der Waals surface area (Å²) in [6.07, 6.45) is 1.96. The summed E-state index contributed by atoms with van der Waals surface area (Å²) in [5, 5.41) is 8.78. The van der Waals surface area contributed by atoms with Crippen LogP contribution in [0, 0.1) is 6.92 Å². The smallest absolute Gasteiger partial charge is 0.337 e. The average molecular weight is 951 g/mol. The van der Waals surface area contributed by atoms with Crippen LogP contribution in [0.25, 0.3) is 0 Å². The summed E-state index contributed by atoms with van der Waals surface area (Å²) in [4.78, 5) is 88.5. The van der Waals surface area contributed by atoms with Gasteiger partial charge in [0.15, 0.2) is 48.6 Å². The van der Waals surface area contributed by atoms with Gasteiger partial charge in [0, 0.05) is 51.0 Å². The normalized spacial score (nSPS) is 10.8. The van der Waals surface area contributed by atoms with Crippen molar-refractivity contribution in [3.8, 4) is 0 Å². The Labute approximate surface area is 368 Å². The van der Waals surface area contributed by atoms with E-state index in [1.54, 1.807) is 18.2 Å². The molecule has 0 bridgehead atoms. The van der Waals surface area contributed by atoms with Crippen molar-refractivity contribution >= 4 is 86.2 Å². The van der Waals surface area contributed by atoms with Crippen LogP contribution >= 0.6 is 10.7 Å². The van der Waals surface area contributed by atoms with Crippen molar-refractivity contribution in [1.82, 2.24) is 0 Å². The van der Waals surface area contributed by atoms with Crippen molar-refractivity contribution in [2.75, 3.05) is 26.7 Å². The average Bonchev–Trinajstić information content (AvgIpc) is 3.19. The quantitative estimate of drug-likeness (QED) is 0.101. The zero-order valence-corrected chi connectivity index (χ0v) is 38.7. The van der Waals surface area contributed by atoms with Crippen molar-refractivity contribution in [2.24, 2.45) is 0 Å². The molecule has 1 N–H and O–H groups in total. The molecule has 0 saturated heterocycles. The number of rotatable bonds is 11. The number of halogens is 1. The fourth-order valence-electron chi connectivity index (χ4n) is 4.76. The van der Waals surface area contributed by atoms with Crippen molar-refractivity contribution in [1.29, 1.82) is 0 Å². The Morgan fingerprint density at radius 2 is 0.667 bits per heavy atom. The Balaban J connectivity index is 0.000000422. The SMILES string of the molecule is CC(=O)c1cc(C(=O)O)cc(S(C)(=O)=O)c1.CC(=O)c1cc(C)cc(C(C)=O)c1.COC(=O)c1cc(C(C)=O)cc(S(=O)(=O)Cl)c1.COC(=O)c1cc(C(C)=O)cc(S(C)(=O)=O)c1. The molecule has 0 aliphatic heterocycles. The molecule has 0 heterocycles. The minimum atomic E-state index is -4.01. The molecule has 4 aromatic carbocycles. The molecule has 4 aromatic rings. The van der Waals surface area contributed by atoms with Crippen molar-refractivity contribution < 1.29 is 78.2 Å². The number of ketones is 5. The highest BCUT2D eigenvalue weighted by molar-refractivity contribution is 8.13. The van der Waals surface area contributed by atoms with Gasteiger partial charge in [-0.1, -0.05) is 0 Å². The van der Waals surface area contributed by atoms with Crippen LogP contribution < -0.4 is 0 Å². The van der Waals surface area contributed by atoms with Crippen LogP contribution in [0.5, 0.6) is 0 Å². The van der Waals surface area contributed by atoms with Gasteiger partial charge in [-0.3, -0.25) is 24.0 Å². The molecule has 17 nitrogen and oxygen atoms in total. The lowest BCUT2D eigenvalue weighted by Gasteiger charge is -2.05. The summed E-state index contributed by atoms with van der Waals surface area (Å²) >= 11 is 0. The van der Waals surface area contributed by atoms with Crippen LogP contribution in [0.4, 0.5) is 0 Å². The maximum Gasteiger partial charge on any atom is 0.337 e. The van der Waals surface area contributed by atoms with Gasteiger partial charge in [0.05, 0.1) is 45.6 Å². The van der Waals surface area contributed by atoms with E-state index in [0.29, 0.717) is 11.1 Å². The minimum absolute atomic E-state index is 0.00815. The van der Waals surface area contributed by atoms with Gasteiger partial charge < -0.3 is 14.6 Å². The number of carbonyl (C=O) groups is 8. The summed E-state index contributed by atoms with van der Waals surface area (Å²) in [5.74, 6) is -3.79. The number of benzene rings is 4. The first-order chi connectivity index (χ1) is 28.7. The lowest BCUT2D eigenvalue weighted by atomic mass is 10.0. The highest BCUT2D eigenvalue weighted by atomic mass is 35.7. The van der Waals surface area contributed by atoms with E-state index in [4.69, 9.17) is 15.8 Å². The first kappa shape index (κ1) is 54.8. The molecule has 0 unspecified atom stereocenters. The summed E-state index contributed by atoms with van der Waals surface area (Å²) in [6.45, 7) is 8.66. The van der Waals surface area contributed by atoms with E-state index in [2.05, 4.69) is 9.47 Å². The number of sulfone groups is 2. The highest BCUT2D eigenvalue weighted by Crippen LogP contribution is 2.21. The number of carboxylic acids is 1. The number of ether oxygens (including phenoxy) is 2. The van der Waals surface area contributed by atoms with Crippen molar-refractivity contribution in [2.45, 2.75) is 56.2 Å². The molecule has 21 heteroatoms. The largest absolute Gasteiger partial charge is 0.478 e. The van der Waals surface area contributed by atoms with Crippen LogP contribution in [0.1, 0.15) is 123 Å². The molecule has 4 rings (SSSR count). The van der Waals surface area contributed by atoms with E-state index < -0.39 is 46.6 Å². The van der Waals surface area contributed by atoms with E-state index in [-0.39, 0.29) is 77.0 Å². The third kappa shape index (κ3) is 17.6. The Morgan fingerprint density at radius 3 is 0.937 bits per heavy atom. The monoisotopic (exact) mass is 950 g/mol. The fourth-order valence-corrected chi connectivity index (χ4v) is 6.93. The molecule has 338 valence electrons. The summed E-state index contributed by atoms with van der Waals surface area (Å²) < 4.78 is 76.7. The topological polar surface area (TPSA) is 278 Å². The predicted molar refractivity (Wildman–Crippen MR) is 229 cm³/mol. The second-order valence-electron chi connectivity index (χ2n) is 13.4. The lowest BCUT2D eigenvalue weighted by Crippen LogP contribution is -2.07. The molecular formula is C42H43ClO17S3. The molecular weight excluding hydrogens is 908 g/mol. The molecule has 0 aromatic heterocycles. The molecule has 0 radical (unpaired) electrons. The van der Waals surface area contributed by atoms with Gasteiger partial charge in [-0.25, -0.2) is 39.6 Å². The standard InChI is InChI=1S/C11H12O5S.C11H12O2.C10H9ClO5S.C10H10O5S/c1-7(12)8-4-9(11(13)16-2)6-10(5-8)17(3,14)15;1-7-4-10(8(2)12)6-11(5-7)9(3)13;1-6(12)7-3-8(10(13)16-2)5-9(4-7)17(11,14)15;1-6(11)7-3-8(10(12)13)5-9(4-7)16(2,14)15/h4-6H,1-3H3;4-6H,1-3H3;3-5H,1-2H3;3-5H,1-2H3,(H,12,13). The molecule has 0 saturated carbocycles. The molecule has 63 heavy (non-hydrogen) atoms. The van der Waals surface area contributed by atoms with Crippen LogP contribution in [0.2, 0.25) is 0 Å². The van der Waals surface area contributed by atoms with Gasteiger partial charge >= 0.3 is 17.9 Å². The van der Waals surface area contributed by atoms with Crippen LogP contribution in [-0.4, -0.2) is 104 Å². The van der Waals surface area contributed by atoms with E-state index >= 15 is 0 Å². The van der Waals surface area contributed by atoms with E-state index in [1.807, 2.05) is 6.92 Å². The number of aryl methyl sites for hydroxylation is 1. The van der Waals surface area contributed by atoms with Gasteiger partial charge in [0.2, 0.25) is 0 Å². The first-order valence-corrected chi connectivity index (χ1v) is 23.7. The van der Waals surface area contributed by atoms with E-state index in [1.165, 1.54) is 72.1 Å². The lowest BCUT2D eigenvalue weighted by molar-refractivity contribution is 0.0591. The maximum atomic E-state index is 11.4. The van der Waals surface area contributed by atoms with Crippen molar-refractivity contribution in [3.63, 3.8) is 0 Å². The molecule has 0 amide bonds. The minimum Gasteiger partial charge on any atom is -0.478 e. The van der Waals surface area contributed by atoms with E-state index in [9.17, 15) is 63.6 Å².